The van der Waals surface area contributed by atoms with Crippen LogP contribution >= 0.6 is 0 Å². The SMILES string of the molecule is Cc1ccc2c(N3CCC(C)(C)C3=O)cccc2c1Oc1ncccc1-c1ccnc(NC2CCCNC2)n1. The molecule has 2 saturated heterocycles. The van der Waals surface area contributed by atoms with E-state index in [0.29, 0.717) is 24.4 Å². The predicted octanol–water partition coefficient (Wildman–Crippen LogP) is 5.72. The molecule has 0 spiro atoms. The molecule has 0 radical (unpaired) electrons. The first-order valence-electron chi connectivity index (χ1n) is 13.7. The molecule has 0 saturated carbocycles. The third-order valence-electron chi connectivity index (χ3n) is 7.79. The van der Waals surface area contributed by atoms with Crippen molar-refractivity contribution in [3.05, 3.63) is 66.5 Å². The normalized spacial score (nSPS) is 18.9. The summed E-state index contributed by atoms with van der Waals surface area (Å²) in [6, 6.07) is 16.2. The number of hydrogen-bond donors (Lipinski definition) is 2. The van der Waals surface area contributed by atoms with Crippen LogP contribution in [0.5, 0.6) is 11.6 Å². The van der Waals surface area contributed by atoms with Gasteiger partial charge >= 0.3 is 0 Å². The molecule has 0 aliphatic carbocycles. The number of nitrogens with one attached hydrogen (secondary N) is 2. The molecule has 4 heterocycles. The van der Waals surface area contributed by atoms with Crippen LogP contribution in [0.2, 0.25) is 0 Å². The highest BCUT2D eigenvalue weighted by Gasteiger charge is 2.39. The van der Waals surface area contributed by atoms with Crippen molar-refractivity contribution in [1.29, 1.82) is 0 Å². The number of ether oxygens (including phenoxy) is 1. The maximum Gasteiger partial charge on any atom is 0.232 e. The second kappa shape index (κ2) is 10.3. The third-order valence-corrected chi connectivity index (χ3v) is 7.79. The summed E-state index contributed by atoms with van der Waals surface area (Å²) >= 11 is 0. The molecule has 6 rings (SSSR count). The fraction of sp³-hybridized carbons (Fsp3) is 0.355. The van der Waals surface area contributed by atoms with E-state index < -0.39 is 0 Å². The van der Waals surface area contributed by atoms with Crippen molar-refractivity contribution in [2.75, 3.05) is 29.9 Å². The summed E-state index contributed by atoms with van der Waals surface area (Å²) < 4.78 is 6.58. The van der Waals surface area contributed by atoms with E-state index >= 15 is 0 Å². The van der Waals surface area contributed by atoms with Crippen LogP contribution in [0, 0.1) is 12.3 Å². The van der Waals surface area contributed by atoms with Crippen molar-refractivity contribution < 1.29 is 9.53 Å². The zero-order valence-electron chi connectivity index (χ0n) is 22.7. The zero-order chi connectivity index (χ0) is 27.0. The average Bonchev–Trinajstić information content (AvgIpc) is 3.22. The Balaban J connectivity index is 1.35. The van der Waals surface area contributed by atoms with Crippen LogP contribution in [0.4, 0.5) is 11.6 Å². The first kappa shape index (κ1) is 25.2. The first-order chi connectivity index (χ1) is 18.9. The van der Waals surface area contributed by atoms with Gasteiger partial charge in [0.25, 0.3) is 0 Å². The van der Waals surface area contributed by atoms with Gasteiger partial charge < -0.3 is 20.3 Å². The first-order valence-corrected chi connectivity index (χ1v) is 13.7. The molecule has 8 heteroatoms. The molecule has 1 amide bonds. The fourth-order valence-electron chi connectivity index (χ4n) is 5.49. The number of carbonyl (C=O) groups is 1. The van der Waals surface area contributed by atoms with Crippen molar-refractivity contribution in [2.24, 2.45) is 5.41 Å². The molecule has 1 unspecified atom stereocenters. The summed E-state index contributed by atoms with van der Waals surface area (Å²) in [5.41, 5.74) is 3.07. The van der Waals surface area contributed by atoms with Crippen molar-refractivity contribution >= 4 is 28.3 Å². The van der Waals surface area contributed by atoms with Gasteiger partial charge in [-0.1, -0.05) is 38.1 Å². The van der Waals surface area contributed by atoms with Gasteiger partial charge in [0.2, 0.25) is 17.7 Å². The van der Waals surface area contributed by atoms with E-state index in [4.69, 9.17) is 9.72 Å². The summed E-state index contributed by atoms with van der Waals surface area (Å²) in [5.74, 6) is 1.95. The number of pyridine rings is 1. The molecule has 2 aliphatic heterocycles. The van der Waals surface area contributed by atoms with Crippen LogP contribution < -0.4 is 20.3 Å². The summed E-state index contributed by atoms with van der Waals surface area (Å²) in [5, 5.41) is 8.80. The van der Waals surface area contributed by atoms with E-state index in [1.807, 2.05) is 68.1 Å². The van der Waals surface area contributed by atoms with E-state index in [1.54, 1.807) is 12.4 Å². The van der Waals surface area contributed by atoms with Crippen LogP contribution in [-0.2, 0) is 4.79 Å². The molecule has 0 bridgehead atoms. The van der Waals surface area contributed by atoms with Crippen LogP contribution in [0.15, 0.2) is 60.9 Å². The highest BCUT2D eigenvalue weighted by Crippen LogP contribution is 2.42. The van der Waals surface area contributed by atoms with Crippen molar-refractivity contribution in [2.45, 2.75) is 46.1 Å². The average molecular weight is 523 g/mol. The molecule has 2 N–H and O–H groups in total. The molecule has 2 aromatic carbocycles. The maximum absolute atomic E-state index is 13.1. The molecule has 2 aliphatic rings. The molecule has 39 heavy (non-hydrogen) atoms. The third kappa shape index (κ3) is 4.92. The number of hydrogen-bond acceptors (Lipinski definition) is 7. The van der Waals surface area contributed by atoms with E-state index in [2.05, 4.69) is 26.7 Å². The Kier molecular flexibility index (Phi) is 6.64. The van der Waals surface area contributed by atoms with Crippen molar-refractivity contribution in [1.82, 2.24) is 20.3 Å². The van der Waals surface area contributed by atoms with Crippen molar-refractivity contribution in [3.8, 4) is 22.9 Å². The standard InChI is InChI=1S/C31H34N6O2/c1-20-11-12-22-23(8-4-10-26(22)37-18-14-31(2,3)29(37)38)27(20)39-28-24(9-6-16-33-28)25-13-17-34-30(36-25)35-21-7-5-15-32-19-21/h4,6,8-13,16-17,21,32H,5,7,14-15,18-19H2,1-3H3,(H,34,35,36). The van der Waals surface area contributed by atoms with Crippen LogP contribution in [0.25, 0.3) is 22.0 Å². The number of amides is 1. The molecular formula is C31H34N6O2. The summed E-state index contributed by atoms with van der Waals surface area (Å²) in [6.07, 6.45) is 6.55. The smallest absolute Gasteiger partial charge is 0.232 e. The number of aromatic nitrogens is 3. The monoisotopic (exact) mass is 522 g/mol. The molecule has 4 aromatic rings. The second-order valence-electron chi connectivity index (χ2n) is 11.1. The van der Waals surface area contributed by atoms with Crippen LogP contribution in [-0.4, -0.2) is 46.5 Å². The largest absolute Gasteiger partial charge is 0.437 e. The molecule has 8 nitrogen and oxygen atoms in total. The van der Waals surface area contributed by atoms with E-state index in [1.165, 1.54) is 0 Å². The summed E-state index contributed by atoms with van der Waals surface area (Å²) in [6.45, 7) is 8.72. The van der Waals surface area contributed by atoms with E-state index in [9.17, 15) is 4.79 Å². The number of benzene rings is 2. The van der Waals surface area contributed by atoms with E-state index in [-0.39, 0.29) is 11.3 Å². The lowest BCUT2D eigenvalue weighted by molar-refractivity contribution is -0.123. The van der Waals surface area contributed by atoms with Gasteiger partial charge in [-0.15, -0.1) is 0 Å². The molecule has 1 atom stereocenters. The Bertz CT molecular complexity index is 1530. The fourth-order valence-corrected chi connectivity index (χ4v) is 5.49. The van der Waals surface area contributed by atoms with Crippen LogP contribution in [0.1, 0.15) is 38.7 Å². The van der Waals surface area contributed by atoms with E-state index in [0.717, 1.165) is 71.4 Å². The number of aryl methyl sites for hydroxylation is 1. The highest BCUT2D eigenvalue weighted by molar-refractivity contribution is 6.08. The minimum atomic E-state index is -0.353. The number of fused-ring (bicyclic) bond motifs is 1. The van der Waals surface area contributed by atoms with Crippen molar-refractivity contribution in [3.63, 3.8) is 0 Å². The van der Waals surface area contributed by atoms with Gasteiger partial charge in [-0.25, -0.2) is 15.0 Å². The minimum Gasteiger partial charge on any atom is -0.437 e. The van der Waals surface area contributed by atoms with Gasteiger partial charge in [0.15, 0.2) is 0 Å². The summed E-state index contributed by atoms with van der Waals surface area (Å²) in [4.78, 5) is 28.9. The predicted molar refractivity (Wildman–Crippen MR) is 154 cm³/mol. The number of piperidine rings is 1. The maximum atomic E-state index is 13.1. The zero-order valence-corrected chi connectivity index (χ0v) is 22.7. The lowest BCUT2D eigenvalue weighted by Gasteiger charge is -2.23. The topological polar surface area (TPSA) is 92.3 Å². The molecular weight excluding hydrogens is 488 g/mol. The second-order valence-corrected chi connectivity index (χ2v) is 11.1. The van der Waals surface area contributed by atoms with Gasteiger partial charge in [0, 0.05) is 47.7 Å². The Labute approximate surface area is 228 Å². The summed E-state index contributed by atoms with van der Waals surface area (Å²) in [7, 11) is 0. The Hall–Kier alpha value is -4.04. The Morgan fingerprint density at radius 2 is 1.95 bits per heavy atom. The van der Waals surface area contributed by atoms with Gasteiger partial charge in [-0.3, -0.25) is 4.79 Å². The minimum absolute atomic E-state index is 0.155. The van der Waals surface area contributed by atoms with Crippen LogP contribution in [0.3, 0.4) is 0 Å². The van der Waals surface area contributed by atoms with Gasteiger partial charge in [0.05, 0.1) is 16.9 Å². The Morgan fingerprint density at radius 3 is 2.74 bits per heavy atom. The number of nitrogens with zero attached hydrogens (tertiary/aromatic N) is 4. The molecule has 2 aromatic heterocycles. The number of anilines is 2. The highest BCUT2D eigenvalue weighted by atomic mass is 16.5. The van der Waals surface area contributed by atoms with Gasteiger partial charge in [-0.05, 0) is 62.6 Å². The van der Waals surface area contributed by atoms with Gasteiger partial charge in [-0.2, -0.15) is 0 Å². The Morgan fingerprint density at radius 1 is 1.05 bits per heavy atom. The molecule has 2 fully saturated rings. The quantitative estimate of drug-likeness (QED) is 0.335. The molecule has 200 valence electrons. The van der Waals surface area contributed by atoms with Gasteiger partial charge in [0.1, 0.15) is 5.75 Å². The lowest BCUT2D eigenvalue weighted by Crippen LogP contribution is -2.38. The number of carbonyl (C=O) groups excluding carboxylic acids is 1. The lowest BCUT2D eigenvalue weighted by atomic mass is 9.92. The number of rotatable bonds is 6.